The van der Waals surface area contributed by atoms with Crippen LogP contribution in [-0.4, -0.2) is 19.9 Å². The molecule has 0 aliphatic heterocycles. The van der Waals surface area contributed by atoms with Crippen LogP contribution in [0.3, 0.4) is 0 Å². The monoisotopic (exact) mass is 199 g/mol. The topological polar surface area (TPSA) is 71.8 Å². The van der Waals surface area contributed by atoms with Gasteiger partial charge in [-0.25, -0.2) is 4.21 Å². The lowest BCUT2D eigenvalue weighted by molar-refractivity contribution is -0.0386. The normalized spacial score (nSPS) is 14.6. The van der Waals surface area contributed by atoms with Crippen molar-refractivity contribution in [1.29, 1.82) is 0 Å². The fourth-order valence-corrected chi connectivity index (χ4v) is 1.14. The number of aromatic amines is 1. The second kappa shape index (κ2) is 2.77. The Bertz CT molecular complexity index is 307. The molecule has 0 spiro atoms. The number of rotatable bonds is 1. The first-order chi connectivity index (χ1) is 5.41. The highest BCUT2D eigenvalue weighted by molar-refractivity contribution is 7.85. The van der Waals surface area contributed by atoms with Gasteiger partial charge >= 0.3 is 5.51 Å². The van der Waals surface area contributed by atoms with Gasteiger partial charge < -0.3 is 5.73 Å². The summed E-state index contributed by atoms with van der Waals surface area (Å²) in [6.07, 6.45) is 0. The molecule has 1 rings (SSSR count). The molecule has 0 saturated carbocycles. The fraction of sp³-hybridized carbons (Fsp3) is 0.250. The van der Waals surface area contributed by atoms with Crippen molar-refractivity contribution in [3.63, 3.8) is 0 Å². The third-order valence-electron chi connectivity index (χ3n) is 0.984. The summed E-state index contributed by atoms with van der Waals surface area (Å²) in [4.78, 5) is 0. The molecule has 3 N–H and O–H groups in total. The summed E-state index contributed by atoms with van der Waals surface area (Å²) in [6.45, 7) is 0. The van der Waals surface area contributed by atoms with E-state index in [2.05, 4.69) is 5.10 Å². The van der Waals surface area contributed by atoms with E-state index in [9.17, 15) is 17.4 Å². The molecule has 4 nitrogen and oxygen atoms in total. The molecule has 0 aliphatic carbocycles. The second-order valence-electron chi connectivity index (χ2n) is 1.87. The Morgan fingerprint density at radius 2 is 2.17 bits per heavy atom. The van der Waals surface area contributed by atoms with Gasteiger partial charge in [0.2, 0.25) is 0 Å². The summed E-state index contributed by atoms with van der Waals surface area (Å²) in [5.74, 6) is -0.123. The van der Waals surface area contributed by atoms with Gasteiger partial charge in [-0.1, -0.05) is 0 Å². The Balaban J connectivity index is 2.93. The Labute approximate surface area is 67.4 Å². The molecule has 8 heteroatoms. The molecule has 12 heavy (non-hydrogen) atoms. The first-order valence-electron chi connectivity index (χ1n) is 2.71. The van der Waals surface area contributed by atoms with E-state index in [-0.39, 0.29) is 5.82 Å². The fourth-order valence-electron chi connectivity index (χ4n) is 0.538. The number of alkyl halides is 3. The lowest BCUT2D eigenvalue weighted by atomic mass is 10.7. The number of nitrogens with zero attached hydrogens (tertiary/aromatic N) is 1. The van der Waals surface area contributed by atoms with Crippen LogP contribution in [0, 0.1) is 0 Å². The van der Waals surface area contributed by atoms with Crippen LogP contribution < -0.4 is 5.73 Å². The van der Waals surface area contributed by atoms with Crippen molar-refractivity contribution in [2.75, 3.05) is 5.73 Å². The summed E-state index contributed by atoms with van der Waals surface area (Å²) >= 11 is 0. The predicted octanol–water partition coefficient (Wildman–Crippen LogP) is 0.619. The molecular weight excluding hydrogens is 195 g/mol. The maximum Gasteiger partial charge on any atom is 0.477 e. The van der Waals surface area contributed by atoms with Crippen LogP contribution in [0.5, 0.6) is 0 Å². The maximum atomic E-state index is 11.8. The Kier molecular flexibility index (Phi) is 2.09. The molecule has 0 saturated heterocycles. The number of aromatic nitrogens is 2. The molecule has 68 valence electrons. The van der Waals surface area contributed by atoms with E-state index in [4.69, 9.17) is 5.73 Å². The Hall–Kier alpha value is -1.05. The first-order valence-corrected chi connectivity index (χ1v) is 3.85. The van der Waals surface area contributed by atoms with Gasteiger partial charge in [0.15, 0.2) is 10.8 Å². The zero-order chi connectivity index (χ0) is 9.35. The van der Waals surface area contributed by atoms with Crippen molar-refractivity contribution in [1.82, 2.24) is 10.2 Å². The van der Waals surface area contributed by atoms with Gasteiger partial charge in [-0.3, -0.25) is 5.10 Å². The number of hydrogen-bond donors (Lipinski definition) is 2. The number of nitrogens with one attached hydrogen (secondary N) is 1. The van der Waals surface area contributed by atoms with E-state index in [1.807, 2.05) is 5.10 Å². The largest absolute Gasteiger partial charge is 0.477 e. The van der Waals surface area contributed by atoms with Gasteiger partial charge in [0.1, 0.15) is 10.8 Å². The summed E-state index contributed by atoms with van der Waals surface area (Å²) in [5, 5.41) is 4.59. The van der Waals surface area contributed by atoms with E-state index < -0.39 is 21.3 Å². The van der Waals surface area contributed by atoms with Crippen molar-refractivity contribution in [3.8, 4) is 0 Å². The number of nitrogen functional groups attached to an aromatic ring is 1. The number of hydrogen-bond acceptors (Lipinski definition) is 3. The number of H-pyrrole nitrogens is 1. The van der Waals surface area contributed by atoms with Crippen molar-refractivity contribution < 1.29 is 17.4 Å². The maximum absolute atomic E-state index is 11.8. The molecule has 1 aromatic rings. The van der Waals surface area contributed by atoms with E-state index in [1.165, 1.54) is 0 Å². The molecule has 0 radical (unpaired) electrons. The molecule has 1 unspecified atom stereocenters. The van der Waals surface area contributed by atoms with Crippen LogP contribution in [0.4, 0.5) is 19.0 Å². The van der Waals surface area contributed by atoms with Gasteiger partial charge in [0.25, 0.3) is 0 Å². The molecule has 0 fully saturated rings. The molecule has 0 amide bonds. The van der Waals surface area contributed by atoms with Crippen LogP contribution in [-0.2, 0) is 10.8 Å². The number of nitrogens with two attached hydrogens (primary N) is 1. The summed E-state index contributed by atoms with van der Waals surface area (Å²) in [6, 6.07) is 0.879. The highest BCUT2D eigenvalue weighted by Gasteiger charge is 2.39. The molecule has 1 atom stereocenters. The lowest BCUT2D eigenvalue weighted by Crippen LogP contribution is -2.16. The third-order valence-corrected chi connectivity index (χ3v) is 2.01. The summed E-state index contributed by atoms with van der Waals surface area (Å²) in [7, 11) is -3.08. The number of anilines is 1. The van der Waals surface area contributed by atoms with Gasteiger partial charge in [0, 0.05) is 6.07 Å². The molecule has 0 bridgehead atoms. The van der Waals surface area contributed by atoms with Crippen LogP contribution in [0.25, 0.3) is 0 Å². The number of halogens is 3. The lowest BCUT2D eigenvalue weighted by Gasteiger charge is -2.01. The van der Waals surface area contributed by atoms with Crippen molar-refractivity contribution in [3.05, 3.63) is 6.07 Å². The molecular formula is C4H4F3N3OS. The second-order valence-corrected chi connectivity index (χ2v) is 3.31. The standard InChI is InChI=1S/C4H4F3N3OS/c5-4(6,7)12(11)3-1-2(8)9-10-3/h1H,(H3,8,9,10). The highest BCUT2D eigenvalue weighted by Crippen LogP contribution is 2.25. The van der Waals surface area contributed by atoms with Crippen molar-refractivity contribution in [2.24, 2.45) is 0 Å². The molecule has 0 aromatic carbocycles. The van der Waals surface area contributed by atoms with Gasteiger partial charge in [-0.2, -0.15) is 18.3 Å². The Morgan fingerprint density at radius 3 is 2.50 bits per heavy atom. The van der Waals surface area contributed by atoms with Gasteiger partial charge in [-0.05, 0) is 0 Å². The smallest absolute Gasteiger partial charge is 0.382 e. The van der Waals surface area contributed by atoms with Crippen molar-refractivity contribution in [2.45, 2.75) is 10.5 Å². The van der Waals surface area contributed by atoms with Crippen LogP contribution >= 0.6 is 0 Å². The zero-order valence-corrected chi connectivity index (χ0v) is 6.37. The SMILES string of the molecule is Nc1cc(S(=O)C(F)(F)F)[nH]n1. The predicted molar refractivity (Wildman–Crippen MR) is 35.5 cm³/mol. The highest BCUT2D eigenvalue weighted by atomic mass is 32.2. The van der Waals surface area contributed by atoms with Crippen LogP contribution in [0.15, 0.2) is 11.1 Å². The van der Waals surface area contributed by atoms with E-state index in [0.29, 0.717) is 0 Å². The minimum Gasteiger partial charge on any atom is -0.382 e. The first kappa shape index (κ1) is 9.04. The van der Waals surface area contributed by atoms with E-state index in [0.717, 1.165) is 6.07 Å². The van der Waals surface area contributed by atoms with E-state index >= 15 is 0 Å². The molecule has 1 aromatic heterocycles. The van der Waals surface area contributed by atoms with Crippen molar-refractivity contribution >= 4 is 16.6 Å². The third kappa shape index (κ3) is 1.76. The van der Waals surface area contributed by atoms with Gasteiger partial charge in [-0.15, -0.1) is 0 Å². The summed E-state index contributed by atoms with van der Waals surface area (Å²) in [5.41, 5.74) is 0.237. The Morgan fingerprint density at radius 1 is 1.58 bits per heavy atom. The minimum absolute atomic E-state index is 0.123. The minimum atomic E-state index is -4.78. The molecule has 1 heterocycles. The van der Waals surface area contributed by atoms with Crippen LogP contribution in [0.1, 0.15) is 0 Å². The quantitative estimate of drug-likeness (QED) is 0.696. The van der Waals surface area contributed by atoms with E-state index in [1.54, 1.807) is 0 Å². The summed E-state index contributed by atoms with van der Waals surface area (Å²) < 4.78 is 45.8. The average Bonchev–Trinajstić information content (AvgIpc) is 2.32. The average molecular weight is 199 g/mol. The zero-order valence-electron chi connectivity index (χ0n) is 5.55. The van der Waals surface area contributed by atoms with Crippen LogP contribution in [0.2, 0.25) is 0 Å². The van der Waals surface area contributed by atoms with Gasteiger partial charge in [0.05, 0.1) is 0 Å². The molecule has 0 aliphatic rings.